The average molecular weight is 261 g/mol. The Labute approximate surface area is 108 Å². The molecule has 0 spiro atoms. The molecule has 2 heterocycles. The molecule has 6 nitrogen and oxygen atoms in total. The van der Waals surface area contributed by atoms with Crippen molar-refractivity contribution in [1.29, 1.82) is 0 Å². The number of ether oxygens (including phenoxy) is 2. The number of hydrogen-bond acceptors (Lipinski definition) is 5. The van der Waals surface area contributed by atoms with Gasteiger partial charge in [-0.15, -0.1) is 0 Å². The zero-order chi connectivity index (χ0) is 13.4. The molecule has 6 heteroatoms. The molecule has 0 atom stereocenters. The van der Waals surface area contributed by atoms with Gasteiger partial charge in [-0.05, 0) is 25.1 Å². The van der Waals surface area contributed by atoms with Gasteiger partial charge < -0.3 is 19.0 Å². The lowest BCUT2D eigenvalue weighted by atomic mass is 10.2. The van der Waals surface area contributed by atoms with Crippen LogP contribution in [0.5, 0.6) is 11.5 Å². The summed E-state index contributed by atoms with van der Waals surface area (Å²) in [5.74, 6) is 1.11. The van der Waals surface area contributed by atoms with Gasteiger partial charge in [-0.1, -0.05) is 0 Å². The summed E-state index contributed by atoms with van der Waals surface area (Å²) in [6, 6.07) is 5.33. The molecule has 1 aromatic heterocycles. The predicted octanol–water partition coefficient (Wildman–Crippen LogP) is 2.01. The van der Waals surface area contributed by atoms with E-state index < -0.39 is 5.97 Å². The van der Waals surface area contributed by atoms with E-state index in [4.69, 9.17) is 19.0 Å². The van der Waals surface area contributed by atoms with Crippen molar-refractivity contribution in [1.82, 2.24) is 4.98 Å². The zero-order valence-electron chi connectivity index (χ0n) is 10.2. The van der Waals surface area contributed by atoms with E-state index in [0.29, 0.717) is 28.8 Å². The quantitative estimate of drug-likeness (QED) is 0.910. The maximum absolute atomic E-state index is 10.7. The van der Waals surface area contributed by atoms with Gasteiger partial charge in [0.1, 0.15) is 12.2 Å². The second-order valence-electron chi connectivity index (χ2n) is 4.17. The van der Waals surface area contributed by atoms with Gasteiger partial charge in [-0.2, -0.15) is 0 Å². The summed E-state index contributed by atoms with van der Waals surface area (Å²) >= 11 is 0. The van der Waals surface area contributed by atoms with E-state index in [1.807, 2.05) is 0 Å². The summed E-state index contributed by atoms with van der Waals surface area (Å²) in [4.78, 5) is 14.9. The van der Waals surface area contributed by atoms with E-state index in [1.54, 1.807) is 25.1 Å². The minimum atomic E-state index is -0.948. The van der Waals surface area contributed by atoms with Crippen molar-refractivity contribution in [2.24, 2.45) is 0 Å². The Morgan fingerprint density at radius 1 is 1.37 bits per heavy atom. The van der Waals surface area contributed by atoms with Crippen LogP contribution in [0.25, 0.3) is 11.5 Å². The number of benzene rings is 1. The average Bonchev–Trinajstić information content (AvgIpc) is 2.95. The van der Waals surface area contributed by atoms with E-state index in [0.717, 1.165) is 5.56 Å². The fraction of sp³-hybridized carbons (Fsp3) is 0.231. The molecule has 1 N–H and O–H groups in total. The minimum absolute atomic E-state index is 0.177. The summed E-state index contributed by atoms with van der Waals surface area (Å²) in [5, 5.41) is 8.77. The van der Waals surface area contributed by atoms with Gasteiger partial charge in [0.2, 0.25) is 12.7 Å². The summed E-state index contributed by atoms with van der Waals surface area (Å²) in [7, 11) is 0. The highest BCUT2D eigenvalue weighted by atomic mass is 16.7. The molecule has 0 bridgehead atoms. The fourth-order valence-corrected chi connectivity index (χ4v) is 1.88. The third kappa shape index (κ3) is 2.12. The van der Waals surface area contributed by atoms with Crippen LogP contribution in [0.15, 0.2) is 22.6 Å². The number of carbonyl (C=O) groups is 1. The van der Waals surface area contributed by atoms with Gasteiger partial charge in [0.05, 0.1) is 5.69 Å². The molecule has 0 saturated heterocycles. The second-order valence-corrected chi connectivity index (χ2v) is 4.17. The fourth-order valence-electron chi connectivity index (χ4n) is 1.88. The molecule has 1 aromatic carbocycles. The first-order chi connectivity index (χ1) is 9.13. The number of aryl methyl sites for hydroxylation is 1. The minimum Gasteiger partial charge on any atom is -0.481 e. The number of oxazole rings is 1. The molecule has 0 unspecified atom stereocenters. The van der Waals surface area contributed by atoms with Gasteiger partial charge in [-0.3, -0.25) is 4.79 Å². The van der Waals surface area contributed by atoms with Crippen molar-refractivity contribution >= 4 is 5.97 Å². The lowest BCUT2D eigenvalue weighted by Crippen LogP contribution is -1.99. The Kier molecular flexibility index (Phi) is 2.63. The molecule has 2 aromatic rings. The number of fused-ring (bicyclic) bond motifs is 1. The topological polar surface area (TPSA) is 81.8 Å². The van der Waals surface area contributed by atoms with Crippen LogP contribution in [-0.2, 0) is 11.2 Å². The lowest BCUT2D eigenvalue weighted by Gasteiger charge is -1.98. The van der Waals surface area contributed by atoms with E-state index in [2.05, 4.69) is 4.98 Å². The number of nitrogens with zero attached hydrogens (tertiary/aromatic N) is 1. The van der Waals surface area contributed by atoms with E-state index in [-0.39, 0.29) is 13.2 Å². The van der Waals surface area contributed by atoms with Crippen molar-refractivity contribution < 1.29 is 23.8 Å². The molecule has 3 rings (SSSR count). The highest BCUT2D eigenvalue weighted by Crippen LogP contribution is 2.36. The molecule has 98 valence electrons. The first-order valence-electron chi connectivity index (χ1n) is 5.71. The molecule has 0 fully saturated rings. The van der Waals surface area contributed by atoms with Gasteiger partial charge in [0.25, 0.3) is 0 Å². The van der Waals surface area contributed by atoms with Crippen molar-refractivity contribution in [2.45, 2.75) is 13.3 Å². The molecule has 0 amide bonds. The summed E-state index contributed by atoms with van der Waals surface area (Å²) in [5.41, 5.74) is 1.30. The van der Waals surface area contributed by atoms with Crippen molar-refractivity contribution in [3.8, 4) is 23.0 Å². The van der Waals surface area contributed by atoms with Gasteiger partial charge in [-0.25, -0.2) is 4.98 Å². The van der Waals surface area contributed by atoms with Crippen LogP contribution in [0, 0.1) is 6.92 Å². The number of carboxylic acids is 1. The molecule has 0 radical (unpaired) electrons. The van der Waals surface area contributed by atoms with E-state index in [9.17, 15) is 4.79 Å². The van der Waals surface area contributed by atoms with Crippen molar-refractivity contribution in [3.63, 3.8) is 0 Å². The molecule has 1 aliphatic rings. The van der Waals surface area contributed by atoms with Crippen LogP contribution in [-0.4, -0.2) is 22.9 Å². The predicted molar refractivity (Wildman–Crippen MR) is 64.1 cm³/mol. The van der Waals surface area contributed by atoms with Crippen LogP contribution < -0.4 is 9.47 Å². The molecule has 0 saturated carbocycles. The van der Waals surface area contributed by atoms with Crippen LogP contribution >= 0.6 is 0 Å². The number of carboxylic acid groups (broad SMARTS) is 1. The Bertz CT molecular complexity index is 646. The van der Waals surface area contributed by atoms with Gasteiger partial charge in [0, 0.05) is 5.56 Å². The Hall–Kier alpha value is -2.50. The SMILES string of the molecule is Cc1nc(-c2ccc3c(c2)OCO3)oc1CC(=O)O. The van der Waals surface area contributed by atoms with E-state index >= 15 is 0 Å². The number of rotatable bonds is 3. The molecule has 0 aliphatic carbocycles. The third-order valence-corrected chi connectivity index (χ3v) is 2.82. The zero-order valence-corrected chi connectivity index (χ0v) is 10.2. The smallest absolute Gasteiger partial charge is 0.311 e. The normalized spacial score (nSPS) is 12.7. The highest BCUT2D eigenvalue weighted by molar-refractivity contribution is 5.70. The van der Waals surface area contributed by atoms with Crippen molar-refractivity contribution in [3.05, 3.63) is 29.7 Å². The summed E-state index contributed by atoms with van der Waals surface area (Å²) < 4.78 is 16.0. The van der Waals surface area contributed by atoms with Crippen LogP contribution in [0.4, 0.5) is 0 Å². The number of aliphatic carboxylic acids is 1. The van der Waals surface area contributed by atoms with E-state index in [1.165, 1.54) is 0 Å². The number of aromatic nitrogens is 1. The molecular formula is C13H11NO5. The van der Waals surface area contributed by atoms with Crippen LogP contribution in [0.3, 0.4) is 0 Å². The molecule has 1 aliphatic heterocycles. The lowest BCUT2D eigenvalue weighted by molar-refractivity contribution is -0.136. The summed E-state index contributed by atoms with van der Waals surface area (Å²) in [6.07, 6.45) is -0.177. The maximum atomic E-state index is 10.7. The molecule has 19 heavy (non-hydrogen) atoms. The van der Waals surface area contributed by atoms with Crippen LogP contribution in [0.2, 0.25) is 0 Å². The van der Waals surface area contributed by atoms with Gasteiger partial charge >= 0.3 is 5.97 Å². The summed E-state index contributed by atoms with van der Waals surface area (Å²) in [6.45, 7) is 1.92. The first kappa shape index (κ1) is 11.6. The maximum Gasteiger partial charge on any atom is 0.311 e. The highest BCUT2D eigenvalue weighted by Gasteiger charge is 2.18. The third-order valence-electron chi connectivity index (χ3n) is 2.82. The Balaban J connectivity index is 1.96. The first-order valence-corrected chi connectivity index (χ1v) is 5.71. The number of hydrogen-bond donors (Lipinski definition) is 1. The Morgan fingerprint density at radius 2 is 2.16 bits per heavy atom. The monoisotopic (exact) mass is 261 g/mol. The van der Waals surface area contributed by atoms with Gasteiger partial charge in [0.15, 0.2) is 11.5 Å². The van der Waals surface area contributed by atoms with Crippen LogP contribution in [0.1, 0.15) is 11.5 Å². The largest absolute Gasteiger partial charge is 0.481 e. The standard InChI is InChI=1S/C13H11NO5/c1-7-10(5-12(15)16)19-13(14-7)8-2-3-9-11(4-8)18-6-17-9/h2-4H,5-6H2,1H3,(H,15,16). The Morgan fingerprint density at radius 3 is 2.95 bits per heavy atom. The molecular weight excluding hydrogens is 250 g/mol. The van der Waals surface area contributed by atoms with Crippen molar-refractivity contribution in [2.75, 3.05) is 6.79 Å². The second kappa shape index (κ2) is 4.31.